The van der Waals surface area contributed by atoms with E-state index in [-0.39, 0.29) is 11.7 Å². The van der Waals surface area contributed by atoms with E-state index in [1.165, 1.54) is 38.3 Å². The SMILES string of the molecule is CCCCCCCCOc1ccc(C(=O)N/N=C/c2cc(Br)ccc2O)cc1. The van der Waals surface area contributed by atoms with E-state index in [0.29, 0.717) is 17.7 Å². The fourth-order valence-corrected chi connectivity index (χ4v) is 3.01. The lowest BCUT2D eigenvalue weighted by Crippen LogP contribution is -2.17. The number of nitrogens with zero attached hydrogens (tertiary/aromatic N) is 1. The molecule has 5 nitrogen and oxygen atoms in total. The number of phenolic OH excluding ortho intramolecular Hbond substituents is 1. The number of halogens is 1. The van der Waals surface area contributed by atoms with Crippen LogP contribution in [0.3, 0.4) is 0 Å². The van der Waals surface area contributed by atoms with Crippen LogP contribution < -0.4 is 10.2 Å². The molecule has 0 heterocycles. The van der Waals surface area contributed by atoms with Crippen LogP contribution in [0.15, 0.2) is 52.0 Å². The number of ether oxygens (including phenoxy) is 1. The van der Waals surface area contributed by atoms with Crippen molar-refractivity contribution in [1.82, 2.24) is 5.43 Å². The van der Waals surface area contributed by atoms with Gasteiger partial charge in [0.05, 0.1) is 12.8 Å². The van der Waals surface area contributed by atoms with Gasteiger partial charge in [0.2, 0.25) is 0 Å². The minimum atomic E-state index is -0.326. The zero-order valence-electron chi connectivity index (χ0n) is 16.2. The van der Waals surface area contributed by atoms with Crippen molar-refractivity contribution in [3.05, 3.63) is 58.1 Å². The molecule has 0 aromatic heterocycles. The molecule has 0 unspecified atom stereocenters. The Morgan fingerprint density at radius 2 is 1.82 bits per heavy atom. The number of rotatable bonds is 11. The molecule has 28 heavy (non-hydrogen) atoms. The molecule has 0 aliphatic heterocycles. The fourth-order valence-electron chi connectivity index (χ4n) is 2.63. The Morgan fingerprint density at radius 3 is 2.57 bits per heavy atom. The smallest absolute Gasteiger partial charge is 0.271 e. The van der Waals surface area contributed by atoms with Gasteiger partial charge < -0.3 is 9.84 Å². The van der Waals surface area contributed by atoms with Gasteiger partial charge in [0.15, 0.2) is 0 Å². The maximum Gasteiger partial charge on any atom is 0.271 e. The molecule has 0 aliphatic carbocycles. The second-order valence-electron chi connectivity index (χ2n) is 6.54. The van der Waals surface area contributed by atoms with Crippen LogP contribution in [0, 0.1) is 0 Å². The average molecular weight is 447 g/mol. The number of hydrogen-bond acceptors (Lipinski definition) is 4. The first-order chi connectivity index (χ1) is 13.6. The number of nitrogens with one attached hydrogen (secondary N) is 1. The first-order valence-corrected chi connectivity index (χ1v) is 10.4. The van der Waals surface area contributed by atoms with Crippen LogP contribution in [0.1, 0.15) is 61.4 Å². The molecule has 0 saturated carbocycles. The molecule has 6 heteroatoms. The zero-order valence-corrected chi connectivity index (χ0v) is 17.7. The number of phenols is 1. The van der Waals surface area contributed by atoms with Crippen molar-refractivity contribution >= 4 is 28.1 Å². The van der Waals surface area contributed by atoms with Crippen LogP contribution in [0.4, 0.5) is 0 Å². The molecule has 2 aromatic rings. The van der Waals surface area contributed by atoms with Crippen LogP contribution in [-0.4, -0.2) is 23.8 Å². The number of benzene rings is 2. The molecule has 0 atom stereocenters. The van der Waals surface area contributed by atoms with Crippen LogP contribution >= 0.6 is 15.9 Å². The van der Waals surface area contributed by atoms with E-state index >= 15 is 0 Å². The summed E-state index contributed by atoms with van der Waals surface area (Å²) >= 11 is 3.32. The van der Waals surface area contributed by atoms with Crippen molar-refractivity contribution < 1.29 is 14.6 Å². The van der Waals surface area contributed by atoms with Gasteiger partial charge in [-0.05, 0) is 48.9 Å². The Bertz CT molecular complexity index is 776. The monoisotopic (exact) mass is 446 g/mol. The third kappa shape index (κ3) is 7.72. The normalized spacial score (nSPS) is 10.9. The predicted octanol–water partition coefficient (Wildman–Crippen LogP) is 5.66. The first-order valence-electron chi connectivity index (χ1n) is 9.65. The van der Waals surface area contributed by atoms with E-state index in [1.54, 1.807) is 42.5 Å². The van der Waals surface area contributed by atoms with Gasteiger partial charge in [-0.15, -0.1) is 0 Å². The number of amides is 1. The summed E-state index contributed by atoms with van der Waals surface area (Å²) in [7, 11) is 0. The molecule has 0 radical (unpaired) electrons. The third-order valence-corrected chi connectivity index (χ3v) is 4.74. The van der Waals surface area contributed by atoms with E-state index in [4.69, 9.17) is 4.74 Å². The Hall–Kier alpha value is -2.34. The lowest BCUT2D eigenvalue weighted by atomic mass is 10.1. The minimum Gasteiger partial charge on any atom is -0.507 e. The van der Waals surface area contributed by atoms with Crippen molar-refractivity contribution in [2.75, 3.05) is 6.61 Å². The Kier molecular flexibility index (Phi) is 9.55. The lowest BCUT2D eigenvalue weighted by Gasteiger charge is -2.07. The van der Waals surface area contributed by atoms with Gasteiger partial charge in [-0.1, -0.05) is 55.0 Å². The van der Waals surface area contributed by atoms with Gasteiger partial charge in [0.1, 0.15) is 11.5 Å². The summed E-state index contributed by atoms with van der Waals surface area (Å²) in [5, 5.41) is 13.6. The van der Waals surface area contributed by atoms with Crippen LogP contribution in [0.5, 0.6) is 11.5 Å². The minimum absolute atomic E-state index is 0.0908. The maximum atomic E-state index is 12.1. The highest BCUT2D eigenvalue weighted by Crippen LogP contribution is 2.20. The largest absolute Gasteiger partial charge is 0.507 e. The van der Waals surface area contributed by atoms with Crippen LogP contribution in [0.2, 0.25) is 0 Å². The molecule has 2 rings (SSSR count). The molecule has 0 aliphatic rings. The van der Waals surface area contributed by atoms with E-state index in [2.05, 4.69) is 33.4 Å². The van der Waals surface area contributed by atoms with Crippen molar-refractivity contribution in [2.45, 2.75) is 45.4 Å². The number of aromatic hydroxyl groups is 1. The van der Waals surface area contributed by atoms with Crippen molar-refractivity contribution in [3.63, 3.8) is 0 Å². The molecule has 0 bridgehead atoms. The second kappa shape index (κ2) is 12.2. The number of hydrazone groups is 1. The van der Waals surface area contributed by atoms with Crippen LogP contribution in [-0.2, 0) is 0 Å². The molecular weight excluding hydrogens is 420 g/mol. The summed E-state index contributed by atoms with van der Waals surface area (Å²) in [4.78, 5) is 12.1. The van der Waals surface area contributed by atoms with Gasteiger partial charge in [0, 0.05) is 15.6 Å². The molecule has 2 aromatic carbocycles. The van der Waals surface area contributed by atoms with Gasteiger partial charge in [0.25, 0.3) is 5.91 Å². The molecule has 2 N–H and O–H groups in total. The summed E-state index contributed by atoms with van der Waals surface area (Å²) in [6.07, 6.45) is 8.75. The van der Waals surface area contributed by atoms with E-state index in [9.17, 15) is 9.90 Å². The highest BCUT2D eigenvalue weighted by molar-refractivity contribution is 9.10. The predicted molar refractivity (Wildman–Crippen MR) is 116 cm³/mol. The van der Waals surface area contributed by atoms with E-state index < -0.39 is 0 Å². The summed E-state index contributed by atoms with van der Waals surface area (Å²) in [6, 6.07) is 12.0. The lowest BCUT2D eigenvalue weighted by molar-refractivity contribution is 0.0955. The highest BCUT2D eigenvalue weighted by atomic mass is 79.9. The number of carbonyl (C=O) groups excluding carboxylic acids is 1. The Morgan fingerprint density at radius 1 is 1.11 bits per heavy atom. The average Bonchev–Trinajstić information content (AvgIpc) is 2.70. The van der Waals surface area contributed by atoms with Gasteiger partial charge >= 0.3 is 0 Å². The Balaban J connectivity index is 1.75. The fraction of sp³-hybridized carbons (Fsp3) is 0.364. The zero-order chi connectivity index (χ0) is 20.2. The Labute approximate surface area is 174 Å². The van der Waals surface area contributed by atoms with Crippen LogP contribution in [0.25, 0.3) is 0 Å². The van der Waals surface area contributed by atoms with E-state index in [1.807, 2.05) is 0 Å². The molecular formula is C22H27BrN2O3. The van der Waals surface area contributed by atoms with E-state index in [0.717, 1.165) is 16.6 Å². The van der Waals surface area contributed by atoms with Crippen molar-refractivity contribution in [1.29, 1.82) is 0 Å². The molecule has 150 valence electrons. The summed E-state index contributed by atoms with van der Waals surface area (Å²) in [5.74, 6) is 0.522. The molecule has 0 spiro atoms. The standard InChI is InChI=1S/C22H27BrN2O3/c1-2-3-4-5-6-7-14-28-20-11-8-17(9-12-20)22(27)25-24-16-18-15-19(23)10-13-21(18)26/h8-13,15-16,26H,2-7,14H2,1H3,(H,25,27)/b24-16+. The highest BCUT2D eigenvalue weighted by Gasteiger charge is 2.05. The summed E-state index contributed by atoms with van der Waals surface area (Å²) in [5.41, 5.74) is 3.45. The number of unbranched alkanes of at least 4 members (excludes halogenated alkanes) is 5. The third-order valence-electron chi connectivity index (χ3n) is 4.24. The van der Waals surface area contributed by atoms with Gasteiger partial charge in [-0.25, -0.2) is 5.43 Å². The van der Waals surface area contributed by atoms with Gasteiger partial charge in [-0.2, -0.15) is 5.10 Å². The molecule has 0 fully saturated rings. The van der Waals surface area contributed by atoms with Crippen molar-refractivity contribution in [3.8, 4) is 11.5 Å². The van der Waals surface area contributed by atoms with Gasteiger partial charge in [-0.3, -0.25) is 4.79 Å². The first kappa shape index (κ1) is 22.0. The molecule has 0 saturated heterocycles. The second-order valence-corrected chi connectivity index (χ2v) is 7.46. The summed E-state index contributed by atoms with van der Waals surface area (Å²) < 4.78 is 6.53. The number of carbonyl (C=O) groups is 1. The summed E-state index contributed by atoms with van der Waals surface area (Å²) in [6.45, 7) is 2.91. The molecule has 1 amide bonds. The quantitative estimate of drug-likeness (QED) is 0.265. The number of hydrogen-bond donors (Lipinski definition) is 2. The van der Waals surface area contributed by atoms with Crippen molar-refractivity contribution in [2.24, 2.45) is 5.10 Å². The maximum absolute atomic E-state index is 12.1. The topological polar surface area (TPSA) is 70.9 Å².